The fourth-order valence-electron chi connectivity index (χ4n) is 5.20. The Balaban J connectivity index is 1.38. The van der Waals surface area contributed by atoms with E-state index in [9.17, 15) is 13.2 Å². The Morgan fingerprint density at radius 1 is 0.973 bits per heavy atom. The first-order chi connectivity index (χ1) is 17.8. The van der Waals surface area contributed by atoms with Crippen LogP contribution < -0.4 is 10.1 Å². The van der Waals surface area contributed by atoms with Crippen LogP contribution in [0.15, 0.2) is 71.6 Å². The Hall–Kier alpha value is -3.20. The number of hydrogen-bond acceptors (Lipinski definition) is 5. The summed E-state index contributed by atoms with van der Waals surface area (Å²) in [7, 11) is -1.98. The van der Waals surface area contributed by atoms with Crippen molar-refractivity contribution >= 4 is 21.6 Å². The molecule has 3 aromatic rings. The number of carbonyl (C=O) groups is 1. The van der Waals surface area contributed by atoms with Crippen LogP contribution in [-0.4, -0.2) is 45.5 Å². The van der Waals surface area contributed by atoms with E-state index in [4.69, 9.17) is 9.47 Å². The lowest BCUT2D eigenvalue weighted by molar-refractivity contribution is -0.125. The number of amides is 1. The predicted molar refractivity (Wildman–Crippen MR) is 142 cm³/mol. The van der Waals surface area contributed by atoms with Gasteiger partial charge in [-0.05, 0) is 79.3 Å². The van der Waals surface area contributed by atoms with E-state index in [0.717, 1.165) is 28.0 Å². The molecule has 8 heteroatoms. The van der Waals surface area contributed by atoms with Crippen LogP contribution in [0, 0.1) is 6.92 Å². The van der Waals surface area contributed by atoms with Gasteiger partial charge < -0.3 is 14.8 Å². The summed E-state index contributed by atoms with van der Waals surface area (Å²) in [6.45, 7) is 3.65. The average Bonchev–Trinajstić information content (AvgIpc) is 2.93. The Kier molecular flexibility index (Phi) is 7.07. The number of aryl methyl sites for hydroxylation is 1. The molecule has 5 rings (SSSR count). The van der Waals surface area contributed by atoms with Crippen molar-refractivity contribution < 1.29 is 22.7 Å². The molecule has 0 atom stereocenters. The molecule has 2 aliphatic rings. The summed E-state index contributed by atoms with van der Waals surface area (Å²) < 4.78 is 38.9. The summed E-state index contributed by atoms with van der Waals surface area (Å²) in [6, 6.07) is 20.4. The molecule has 2 heterocycles. The third kappa shape index (κ3) is 5.01. The van der Waals surface area contributed by atoms with Gasteiger partial charge in [-0.3, -0.25) is 4.79 Å². The zero-order valence-electron chi connectivity index (χ0n) is 21.2. The normalized spacial score (nSPS) is 17.6. The molecule has 1 amide bonds. The van der Waals surface area contributed by atoms with Gasteiger partial charge in [0.2, 0.25) is 15.9 Å². The van der Waals surface area contributed by atoms with Gasteiger partial charge in [-0.2, -0.15) is 4.31 Å². The predicted octanol–water partition coefficient (Wildman–Crippen LogP) is 4.44. The highest BCUT2D eigenvalue weighted by molar-refractivity contribution is 7.89. The summed E-state index contributed by atoms with van der Waals surface area (Å²) in [6.07, 6.45) is 1.79. The second kappa shape index (κ2) is 10.3. The van der Waals surface area contributed by atoms with Crippen LogP contribution >= 0.6 is 0 Å². The van der Waals surface area contributed by atoms with Crippen LogP contribution in [-0.2, 0) is 37.9 Å². The van der Waals surface area contributed by atoms with Gasteiger partial charge in [-0.15, -0.1) is 0 Å². The lowest BCUT2D eigenvalue weighted by Gasteiger charge is -2.36. The zero-order chi connectivity index (χ0) is 26.0. The summed E-state index contributed by atoms with van der Waals surface area (Å²) in [5.74, 6) is 0.659. The zero-order valence-corrected chi connectivity index (χ0v) is 22.0. The molecule has 0 saturated carbocycles. The highest BCUT2D eigenvalue weighted by atomic mass is 32.2. The Labute approximate surface area is 218 Å². The minimum atomic E-state index is -3.60. The Morgan fingerprint density at radius 2 is 1.68 bits per heavy atom. The summed E-state index contributed by atoms with van der Waals surface area (Å²) >= 11 is 0. The maximum atomic E-state index is 13.7. The first-order valence-corrected chi connectivity index (χ1v) is 14.0. The van der Waals surface area contributed by atoms with E-state index in [2.05, 4.69) is 5.32 Å². The van der Waals surface area contributed by atoms with Crippen molar-refractivity contribution in [3.05, 3.63) is 89.0 Å². The maximum absolute atomic E-state index is 13.7. The molecule has 1 N–H and O–H groups in total. The van der Waals surface area contributed by atoms with Crippen LogP contribution in [0.3, 0.4) is 0 Å². The number of hydrogen-bond donors (Lipinski definition) is 1. The van der Waals surface area contributed by atoms with Crippen LogP contribution in [0.1, 0.15) is 35.1 Å². The van der Waals surface area contributed by atoms with Crippen molar-refractivity contribution in [3.63, 3.8) is 0 Å². The Bertz CT molecular complexity index is 1380. The van der Waals surface area contributed by atoms with Gasteiger partial charge in [-0.25, -0.2) is 8.42 Å². The van der Waals surface area contributed by atoms with Crippen molar-refractivity contribution in [2.75, 3.05) is 32.2 Å². The summed E-state index contributed by atoms with van der Waals surface area (Å²) in [4.78, 5) is 14.0. The summed E-state index contributed by atoms with van der Waals surface area (Å²) in [5, 5.41) is 3.13. The van der Waals surface area contributed by atoms with Crippen LogP contribution in [0.2, 0.25) is 0 Å². The molecule has 0 unspecified atom stereocenters. The smallest absolute Gasteiger partial charge is 0.243 e. The quantitative estimate of drug-likeness (QED) is 0.520. The van der Waals surface area contributed by atoms with E-state index in [-0.39, 0.29) is 12.5 Å². The van der Waals surface area contributed by atoms with E-state index in [0.29, 0.717) is 49.6 Å². The van der Waals surface area contributed by atoms with Gasteiger partial charge in [0.1, 0.15) is 5.75 Å². The van der Waals surface area contributed by atoms with Crippen LogP contribution in [0.5, 0.6) is 5.75 Å². The topological polar surface area (TPSA) is 84.9 Å². The fraction of sp³-hybridized carbons (Fsp3) is 0.345. The Morgan fingerprint density at radius 3 is 2.35 bits per heavy atom. The lowest BCUT2D eigenvalue weighted by Crippen LogP contribution is -2.44. The highest BCUT2D eigenvalue weighted by Gasteiger charge is 2.42. The number of carbonyl (C=O) groups excluding carboxylic acids is 1. The van der Waals surface area contributed by atoms with E-state index >= 15 is 0 Å². The van der Waals surface area contributed by atoms with E-state index in [1.807, 2.05) is 61.5 Å². The van der Waals surface area contributed by atoms with Crippen molar-refractivity contribution in [2.24, 2.45) is 0 Å². The molecule has 37 heavy (non-hydrogen) atoms. The van der Waals surface area contributed by atoms with E-state index in [1.165, 1.54) is 4.31 Å². The molecule has 1 saturated heterocycles. The van der Waals surface area contributed by atoms with Gasteiger partial charge in [0.15, 0.2) is 0 Å². The minimum absolute atomic E-state index is 0.0825. The number of rotatable bonds is 6. The maximum Gasteiger partial charge on any atom is 0.243 e. The molecule has 2 aliphatic heterocycles. The number of ether oxygens (including phenoxy) is 2. The molecule has 7 nitrogen and oxygen atoms in total. The average molecular weight is 521 g/mol. The van der Waals surface area contributed by atoms with Gasteiger partial charge in [0.05, 0.1) is 17.4 Å². The van der Waals surface area contributed by atoms with Gasteiger partial charge in [0, 0.05) is 32.0 Å². The third-order valence-corrected chi connectivity index (χ3v) is 9.38. The molecule has 0 bridgehead atoms. The van der Waals surface area contributed by atoms with Crippen molar-refractivity contribution in [1.82, 2.24) is 4.31 Å². The summed E-state index contributed by atoms with van der Waals surface area (Å²) in [5.41, 5.74) is 3.91. The molecular formula is C29H32N2O5S. The SMILES string of the molecule is COc1ccc(C2(C(=O)Nc3ccc4c(c3)CN(S(=O)(=O)c3ccc(C)cc3)CC4)CCOCC2)cc1. The standard InChI is InChI=1S/C29H32N2O5S/c1-21-3-11-27(12-4-21)37(33,34)31-16-13-22-5-8-25(19-23(22)20-31)30-28(32)29(14-17-36-18-15-29)24-6-9-26(35-2)10-7-24/h3-12,19H,13-18,20H2,1-2H3,(H,30,32). The van der Waals surface area contributed by atoms with Crippen molar-refractivity contribution in [1.29, 1.82) is 0 Å². The number of benzene rings is 3. The van der Waals surface area contributed by atoms with Crippen LogP contribution in [0.4, 0.5) is 5.69 Å². The van der Waals surface area contributed by atoms with Gasteiger partial charge >= 0.3 is 0 Å². The van der Waals surface area contributed by atoms with E-state index < -0.39 is 15.4 Å². The van der Waals surface area contributed by atoms with Gasteiger partial charge in [0.25, 0.3) is 0 Å². The molecule has 0 radical (unpaired) electrons. The monoisotopic (exact) mass is 520 g/mol. The number of fused-ring (bicyclic) bond motifs is 1. The lowest BCUT2D eigenvalue weighted by atomic mass is 9.73. The number of anilines is 1. The number of nitrogens with zero attached hydrogens (tertiary/aromatic N) is 1. The molecule has 0 aliphatic carbocycles. The molecular weight excluding hydrogens is 488 g/mol. The number of methoxy groups -OCH3 is 1. The molecule has 0 spiro atoms. The molecule has 0 aromatic heterocycles. The first kappa shape index (κ1) is 25.4. The van der Waals surface area contributed by atoms with E-state index in [1.54, 1.807) is 19.2 Å². The first-order valence-electron chi connectivity index (χ1n) is 12.5. The largest absolute Gasteiger partial charge is 0.497 e. The van der Waals surface area contributed by atoms with Crippen LogP contribution in [0.25, 0.3) is 0 Å². The number of sulfonamides is 1. The molecule has 3 aromatic carbocycles. The van der Waals surface area contributed by atoms with Crippen molar-refractivity contribution in [3.8, 4) is 5.75 Å². The van der Waals surface area contributed by atoms with Gasteiger partial charge in [-0.1, -0.05) is 35.9 Å². The van der Waals surface area contributed by atoms with Crippen molar-refractivity contribution in [2.45, 2.75) is 43.0 Å². The number of nitrogens with one attached hydrogen (secondary N) is 1. The molecule has 194 valence electrons. The third-order valence-electron chi connectivity index (χ3n) is 7.52. The fourth-order valence-corrected chi connectivity index (χ4v) is 6.62. The molecule has 1 fully saturated rings. The highest BCUT2D eigenvalue weighted by Crippen LogP contribution is 2.37. The minimum Gasteiger partial charge on any atom is -0.497 e. The second-order valence-corrected chi connectivity index (χ2v) is 11.7. The second-order valence-electron chi connectivity index (χ2n) is 9.76.